The van der Waals surface area contributed by atoms with E-state index in [1.807, 2.05) is 0 Å². The minimum Gasteiger partial charge on any atom is -0.450 e. The van der Waals surface area contributed by atoms with Gasteiger partial charge in [0, 0.05) is 39.3 Å². The lowest BCUT2D eigenvalue weighted by molar-refractivity contribution is 0.0561. The zero-order valence-electron chi connectivity index (χ0n) is 19.0. The van der Waals surface area contributed by atoms with Crippen LogP contribution in [0.25, 0.3) is 0 Å². The van der Waals surface area contributed by atoms with E-state index in [2.05, 4.69) is 0 Å². The van der Waals surface area contributed by atoms with E-state index in [0.717, 1.165) is 4.90 Å². The molecule has 0 radical (unpaired) electrons. The number of piperazine rings is 1. The first-order valence-electron chi connectivity index (χ1n) is 11.1. The lowest BCUT2D eigenvalue weighted by Crippen LogP contribution is -2.51. The molecule has 1 fully saturated rings. The Morgan fingerprint density at radius 3 is 2.17 bits per heavy atom. The van der Waals surface area contributed by atoms with Crippen molar-refractivity contribution in [3.63, 3.8) is 0 Å². The first kappa shape index (κ1) is 24.8. The van der Waals surface area contributed by atoms with E-state index in [1.165, 1.54) is 9.80 Å². The molecule has 2 aromatic rings. The van der Waals surface area contributed by atoms with E-state index in [9.17, 15) is 18.0 Å². The minimum absolute atomic E-state index is 0.0389. The second kappa shape index (κ2) is 9.76. The summed E-state index contributed by atoms with van der Waals surface area (Å²) in [7, 11) is -4.31. The van der Waals surface area contributed by atoms with Crippen molar-refractivity contribution in [1.29, 1.82) is 0 Å². The Morgan fingerprint density at radius 1 is 0.914 bits per heavy atom. The molecule has 12 heteroatoms. The highest BCUT2D eigenvalue weighted by Crippen LogP contribution is 2.40. The maximum absolute atomic E-state index is 15.8. The first-order chi connectivity index (χ1) is 16.7. The minimum atomic E-state index is -4.31. The molecule has 8 nitrogen and oxygen atoms in total. The van der Waals surface area contributed by atoms with Gasteiger partial charge < -0.3 is 19.4 Å². The summed E-state index contributed by atoms with van der Waals surface area (Å²) < 4.78 is 76.0. The summed E-state index contributed by atoms with van der Waals surface area (Å²) in [4.78, 5) is 27.6. The van der Waals surface area contributed by atoms with Crippen molar-refractivity contribution in [3.05, 3.63) is 58.9 Å². The van der Waals surface area contributed by atoms with Gasteiger partial charge in [0.15, 0.2) is 27.3 Å². The van der Waals surface area contributed by atoms with Gasteiger partial charge in [-0.05, 0) is 12.5 Å². The normalized spacial score (nSPS) is 17.2. The summed E-state index contributed by atoms with van der Waals surface area (Å²) in [5.74, 6) is -6.67. The van der Waals surface area contributed by atoms with Gasteiger partial charge >= 0.3 is 6.09 Å². The fourth-order valence-corrected chi connectivity index (χ4v) is 5.79. The zero-order valence-corrected chi connectivity index (χ0v) is 19.8. The molecule has 0 N–H and O–H groups in total. The maximum Gasteiger partial charge on any atom is 0.409 e. The Morgan fingerprint density at radius 2 is 1.54 bits per heavy atom. The fraction of sp³-hybridized carbons (Fsp3) is 0.391. The molecular weight excluding hydrogens is 487 g/mol. The third-order valence-corrected chi connectivity index (χ3v) is 7.75. The summed E-state index contributed by atoms with van der Waals surface area (Å²) >= 11 is 0. The predicted octanol–water partition coefficient (Wildman–Crippen LogP) is 2.81. The number of benzene rings is 2. The SMILES string of the molecule is CCOC(=O)N1CCN(C(=O)c2c(F)c(F)c3c(c2F)N(Cc2ccccc2)CCS3(=O)=O)CC1. The molecule has 188 valence electrons. The Kier molecular flexibility index (Phi) is 6.93. The van der Waals surface area contributed by atoms with Crippen LogP contribution in [0.1, 0.15) is 22.8 Å². The van der Waals surface area contributed by atoms with Crippen LogP contribution in [0.2, 0.25) is 0 Å². The molecule has 2 heterocycles. The average molecular weight is 512 g/mol. The number of nitrogens with zero attached hydrogens (tertiary/aromatic N) is 3. The second-order valence-corrected chi connectivity index (χ2v) is 10.2. The molecule has 2 aromatic carbocycles. The molecule has 2 aliphatic rings. The summed E-state index contributed by atoms with van der Waals surface area (Å²) in [5, 5.41) is 0. The molecule has 0 aliphatic carbocycles. The molecule has 2 amide bonds. The number of anilines is 1. The van der Waals surface area contributed by atoms with E-state index < -0.39 is 61.2 Å². The van der Waals surface area contributed by atoms with Crippen molar-refractivity contribution >= 4 is 27.5 Å². The van der Waals surface area contributed by atoms with Crippen LogP contribution in [0.4, 0.5) is 23.7 Å². The van der Waals surface area contributed by atoms with E-state index in [-0.39, 0.29) is 45.9 Å². The van der Waals surface area contributed by atoms with Crippen molar-refractivity contribution in [1.82, 2.24) is 9.80 Å². The van der Waals surface area contributed by atoms with Crippen LogP contribution in [0, 0.1) is 17.5 Å². The fourth-order valence-electron chi connectivity index (χ4n) is 4.25. The summed E-state index contributed by atoms with van der Waals surface area (Å²) in [6.07, 6.45) is -0.571. The van der Waals surface area contributed by atoms with Gasteiger partial charge in [0.25, 0.3) is 5.91 Å². The van der Waals surface area contributed by atoms with Crippen LogP contribution in [0.5, 0.6) is 0 Å². The largest absolute Gasteiger partial charge is 0.450 e. The summed E-state index contributed by atoms with van der Waals surface area (Å²) in [5.41, 5.74) is -1.10. The molecular formula is C23H24F3N3O5S. The molecule has 0 spiro atoms. The number of sulfone groups is 1. The second-order valence-electron chi connectivity index (χ2n) is 8.20. The van der Waals surface area contributed by atoms with Gasteiger partial charge in [-0.3, -0.25) is 4.79 Å². The van der Waals surface area contributed by atoms with E-state index in [4.69, 9.17) is 4.74 Å². The Bertz CT molecular complexity index is 1250. The van der Waals surface area contributed by atoms with Crippen LogP contribution in [0.3, 0.4) is 0 Å². The summed E-state index contributed by atoms with van der Waals surface area (Å²) in [6.45, 7) is 1.73. The van der Waals surface area contributed by atoms with Crippen molar-refractivity contribution in [3.8, 4) is 0 Å². The van der Waals surface area contributed by atoms with Crippen LogP contribution in [0.15, 0.2) is 35.2 Å². The molecule has 0 saturated carbocycles. The number of carbonyl (C=O) groups is 2. The predicted molar refractivity (Wildman–Crippen MR) is 120 cm³/mol. The highest BCUT2D eigenvalue weighted by molar-refractivity contribution is 7.91. The third-order valence-electron chi connectivity index (χ3n) is 6.03. The summed E-state index contributed by atoms with van der Waals surface area (Å²) in [6, 6.07) is 8.71. The molecule has 35 heavy (non-hydrogen) atoms. The lowest BCUT2D eigenvalue weighted by Gasteiger charge is -2.35. The number of ether oxygens (including phenoxy) is 1. The third kappa shape index (κ3) is 4.66. The monoisotopic (exact) mass is 511 g/mol. The zero-order chi connectivity index (χ0) is 25.3. The van der Waals surface area contributed by atoms with Crippen molar-refractivity contribution in [2.45, 2.75) is 18.4 Å². The van der Waals surface area contributed by atoms with Crippen molar-refractivity contribution in [2.75, 3.05) is 50.0 Å². The van der Waals surface area contributed by atoms with E-state index >= 15 is 13.2 Å². The van der Waals surface area contributed by atoms with Gasteiger partial charge in [-0.15, -0.1) is 0 Å². The van der Waals surface area contributed by atoms with Gasteiger partial charge in [0.05, 0.1) is 18.0 Å². The van der Waals surface area contributed by atoms with E-state index in [1.54, 1.807) is 37.3 Å². The number of halogens is 3. The number of carbonyl (C=O) groups excluding carboxylic acids is 2. The highest BCUT2D eigenvalue weighted by Gasteiger charge is 2.41. The van der Waals surface area contributed by atoms with Crippen molar-refractivity contribution in [2.24, 2.45) is 0 Å². The van der Waals surface area contributed by atoms with Gasteiger partial charge in [-0.2, -0.15) is 0 Å². The quantitative estimate of drug-likeness (QED) is 0.587. The Labute approximate surface area is 200 Å². The highest BCUT2D eigenvalue weighted by atomic mass is 32.2. The van der Waals surface area contributed by atoms with Gasteiger partial charge in [0.1, 0.15) is 10.5 Å². The number of hydrogen-bond acceptors (Lipinski definition) is 6. The molecule has 1 saturated heterocycles. The molecule has 2 aliphatic heterocycles. The molecule has 0 bridgehead atoms. The topological polar surface area (TPSA) is 87.2 Å². The molecule has 0 atom stereocenters. The van der Waals surface area contributed by atoms with Gasteiger partial charge in [0.2, 0.25) is 0 Å². The molecule has 4 rings (SSSR count). The maximum atomic E-state index is 15.8. The molecule has 0 unspecified atom stereocenters. The number of fused-ring (bicyclic) bond motifs is 1. The van der Waals surface area contributed by atoms with Crippen LogP contribution in [-0.4, -0.2) is 75.3 Å². The number of amides is 2. The number of rotatable bonds is 4. The standard InChI is InChI=1S/C23H24F3N3O5S/c1-2-34-23(31)28-10-8-27(9-11-28)22(30)16-17(24)19(26)21-20(18(16)25)29(12-13-35(21,32)33)14-15-6-4-3-5-7-15/h3-7H,2,8-14H2,1H3. The Hall–Kier alpha value is -3.28. The van der Waals surface area contributed by atoms with Crippen molar-refractivity contribution < 1.29 is 35.9 Å². The van der Waals surface area contributed by atoms with Crippen LogP contribution < -0.4 is 4.90 Å². The van der Waals surface area contributed by atoms with Crippen LogP contribution >= 0.6 is 0 Å². The van der Waals surface area contributed by atoms with Gasteiger partial charge in [-0.25, -0.2) is 26.4 Å². The lowest BCUT2D eigenvalue weighted by atomic mass is 10.1. The average Bonchev–Trinajstić information content (AvgIpc) is 2.84. The van der Waals surface area contributed by atoms with Gasteiger partial charge in [-0.1, -0.05) is 30.3 Å². The molecule has 0 aromatic heterocycles. The smallest absolute Gasteiger partial charge is 0.409 e. The Balaban J connectivity index is 1.70. The number of hydrogen-bond donors (Lipinski definition) is 0. The van der Waals surface area contributed by atoms with Crippen LogP contribution in [-0.2, 0) is 21.1 Å². The first-order valence-corrected chi connectivity index (χ1v) is 12.7. The van der Waals surface area contributed by atoms with E-state index in [0.29, 0.717) is 5.56 Å².